The molecule has 1 amide bonds. The Morgan fingerprint density at radius 1 is 0.923 bits per heavy atom. The van der Waals surface area contributed by atoms with Crippen molar-refractivity contribution in [1.29, 1.82) is 0 Å². The summed E-state index contributed by atoms with van der Waals surface area (Å²) in [7, 11) is 0. The number of carbonyl (C=O) groups excluding carboxylic acids is 1. The molecule has 0 unspecified atom stereocenters. The molecule has 0 aliphatic heterocycles. The topological polar surface area (TPSA) is 112 Å². The van der Waals surface area contributed by atoms with Crippen LogP contribution in [-0.2, 0) is 11.2 Å². The van der Waals surface area contributed by atoms with Gasteiger partial charge in [0.1, 0.15) is 6.04 Å². The normalized spacial score (nSPS) is 12.1. The van der Waals surface area contributed by atoms with Crippen LogP contribution in [0.2, 0.25) is 0 Å². The molecule has 0 saturated heterocycles. The van der Waals surface area contributed by atoms with Crippen molar-refractivity contribution in [3.05, 3.63) is 113 Å². The van der Waals surface area contributed by atoms with Gasteiger partial charge in [-0.2, -0.15) is 0 Å². The fourth-order valence-corrected chi connectivity index (χ4v) is 4.50. The molecule has 1 heterocycles. The van der Waals surface area contributed by atoms with Gasteiger partial charge >= 0.3 is 5.97 Å². The van der Waals surface area contributed by atoms with Gasteiger partial charge in [-0.15, -0.1) is 0 Å². The van der Waals surface area contributed by atoms with Gasteiger partial charge in [-0.25, -0.2) is 0 Å². The average molecular weight is 522 g/mol. The third kappa shape index (κ3) is 6.57. The summed E-state index contributed by atoms with van der Waals surface area (Å²) in [5.41, 5.74) is 9.18. The molecule has 0 bridgehead atoms. The molecule has 1 aromatic heterocycles. The molecule has 1 atom stereocenters. The molecule has 4 rings (SSSR count). The first-order valence-corrected chi connectivity index (χ1v) is 12.7. The lowest BCUT2D eigenvalue weighted by Crippen LogP contribution is -2.38. The van der Waals surface area contributed by atoms with Crippen LogP contribution < -0.4 is 5.32 Å². The summed E-state index contributed by atoms with van der Waals surface area (Å²) in [5.74, 6) is -1.51. The molecule has 7 nitrogen and oxygen atoms in total. The first kappa shape index (κ1) is 27.3. The second-order valence-electron chi connectivity index (χ2n) is 9.52. The van der Waals surface area contributed by atoms with Crippen LogP contribution in [0.25, 0.3) is 22.3 Å². The van der Waals surface area contributed by atoms with Crippen LogP contribution in [0, 0.1) is 13.8 Å². The molecule has 3 N–H and O–H groups in total. The molecule has 7 heteroatoms. The molecular formula is C32H31N3O4. The first-order chi connectivity index (χ1) is 18.8. The van der Waals surface area contributed by atoms with E-state index in [1.165, 1.54) is 6.92 Å². The van der Waals surface area contributed by atoms with Gasteiger partial charge in [0.15, 0.2) is 0 Å². The highest BCUT2D eigenvalue weighted by molar-refractivity contribution is 6.03. The van der Waals surface area contributed by atoms with E-state index in [-0.39, 0.29) is 0 Å². The van der Waals surface area contributed by atoms with Crippen molar-refractivity contribution < 1.29 is 19.9 Å². The number of oxime groups is 1. The van der Waals surface area contributed by atoms with Crippen molar-refractivity contribution in [1.82, 2.24) is 10.3 Å². The van der Waals surface area contributed by atoms with Crippen LogP contribution in [0.5, 0.6) is 0 Å². The number of aliphatic carboxylic acids is 1. The number of hydrogen-bond acceptors (Lipinski definition) is 5. The number of amides is 1. The summed E-state index contributed by atoms with van der Waals surface area (Å²) < 4.78 is 0. The zero-order chi connectivity index (χ0) is 27.9. The van der Waals surface area contributed by atoms with Crippen molar-refractivity contribution >= 4 is 17.6 Å². The van der Waals surface area contributed by atoms with Gasteiger partial charge in [-0.3, -0.25) is 14.6 Å². The Bertz CT molecular complexity index is 1510. The molecule has 0 fully saturated rings. The molecule has 0 aliphatic rings. The predicted molar refractivity (Wildman–Crippen MR) is 152 cm³/mol. The van der Waals surface area contributed by atoms with E-state index in [1.807, 2.05) is 74.5 Å². The Morgan fingerprint density at radius 3 is 2.21 bits per heavy atom. The molecule has 0 radical (unpaired) electrons. The number of rotatable bonds is 9. The molecule has 198 valence electrons. The fourth-order valence-electron chi connectivity index (χ4n) is 4.50. The van der Waals surface area contributed by atoms with E-state index in [9.17, 15) is 14.8 Å². The van der Waals surface area contributed by atoms with E-state index in [4.69, 9.17) is 5.11 Å². The lowest BCUT2D eigenvalue weighted by atomic mass is 9.92. The van der Waals surface area contributed by atoms with Gasteiger partial charge in [0, 0.05) is 23.0 Å². The van der Waals surface area contributed by atoms with E-state index >= 15 is 0 Å². The Kier molecular flexibility index (Phi) is 8.51. The summed E-state index contributed by atoms with van der Waals surface area (Å²) in [5, 5.41) is 24.9. The third-order valence-electron chi connectivity index (χ3n) is 6.78. The number of carboxylic acid groups (broad SMARTS) is 1. The minimum Gasteiger partial charge on any atom is -0.480 e. The monoisotopic (exact) mass is 521 g/mol. The van der Waals surface area contributed by atoms with Gasteiger partial charge in [-0.1, -0.05) is 59.8 Å². The maximum absolute atomic E-state index is 12.2. The minimum atomic E-state index is -1.08. The molecule has 0 aliphatic carbocycles. The number of nitrogens with one attached hydrogen (secondary N) is 1. The smallest absolute Gasteiger partial charge is 0.325 e. The van der Waals surface area contributed by atoms with Crippen molar-refractivity contribution in [2.45, 2.75) is 39.7 Å². The van der Waals surface area contributed by atoms with Crippen molar-refractivity contribution in [2.24, 2.45) is 5.16 Å². The zero-order valence-corrected chi connectivity index (χ0v) is 22.2. The lowest BCUT2D eigenvalue weighted by molar-refractivity contribution is -0.138. The molecule has 0 saturated carbocycles. The zero-order valence-electron chi connectivity index (χ0n) is 22.2. The van der Waals surface area contributed by atoms with Crippen molar-refractivity contribution in [2.75, 3.05) is 0 Å². The number of benzene rings is 3. The highest BCUT2D eigenvalue weighted by Gasteiger charge is 2.15. The van der Waals surface area contributed by atoms with E-state index < -0.39 is 17.9 Å². The second-order valence-corrected chi connectivity index (χ2v) is 9.52. The molecule has 0 spiro atoms. The van der Waals surface area contributed by atoms with Crippen LogP contribution in [-0.4, -0.2) is 38.9 Å². The van der Waals surface area contributed by atoms with Gasteiger partial charge in [0.25, 0.3) is 5.91 Å². The van der Waals surface area contributed by atoms with Crippen LogP contribution in [0.1, 0.15) is 46.1 Å². The summed E-state index contributed by atoms with van der Waals surface area (Å²) in [6.45, 7) is 5.43. The number of aryl methyl sites for hydroxylation is 2. The van der Waals surface area contributed by atoms with Gasteiger partial charge < -0.3 is 15.6 Å². The Hall–Kier alpha value is -4.78. The Morgan fingerprint density at radius 2 is 1.59 bits per heavy atom. The van der Waals surface area contributed by atoms with Crippen LogP contribution >= 0.6 is 0 Å². The Balaban J connectivity index is 1.43. The van der Waals surface area contributed by atoms with Gasteiger partial charge in [0.2, 0.25) is 0 Å². The van der Waals surface area contributed by atoms with E-state index in [2.05, 4.69) is 21.5 Å². The highest BCUT2D eigenvalue weighted by atomic mass is 16.4. The first-order valence-electron chi connectivity index (χ1n) is 12.7. The SMILES string of the molecule is Cc1cc(-c2cccc(/C(CCc3ccc(-c4ccc(C(=O)N[C@@H](C)C(=O)O)cc4)cc3)=N\O)c2C)ccn1. The van der Waals surface area contributed by atoms with E-state index in [1.54, 1.807) is 18.3 Å². The number of nitrogens with zero attached hydrogens (tertiary/aromatic N) is 2. The summed E-state index contributed by atoms with van der Waals surface area (Å²) in [4.78, 5) is 27.5. The highest BCUT2D eigenvalue weighted by Crippen LogP contribution is 2.27. The quantitative estimate of drug-likeness (QED) is 0.141. The maximum atomic E-state index is 12.2. The number of carbonyl (C=O) groups is 2. The van der Waals surface area contributed by atoms with E-state index in [0.29, 0.717) is 24.1 Å². The fraction of sp³-hybridized carbons (Fsp3) is 0.188. The maximum Gasteiger partial charge on any atom is 0.325 e. The number of pyridine rings is 1. The second kappa shape index (κ2) is 12.2. The van der Waals surface area contributed by atoms with Gasteiger partial charge in [-0.05, 0) is 91.3 Å². The number of aromatic nitrogens is 1. The molecule has 39 heavy (non-hydrogen) atoms. The van der Waals surface area contributed by atoms with Crippen LogP contribution in [0.4, 0.5) is 0 Å². The largest absolute Gasteiger partial charge is 0.480 e. The van der Waals surface area contributed by atoms with Crippen molar-refractivity contribution in [3.8, 4) is 22.3 Å². The minimum absolute atomic E-state index is 0.401. The van der Waals surface area contributed by atoms with Crippen LogP contribution in [0.15, 0.2) is 90.2 Å². The third-order valence-corrected chi connectivity index (χ3v) is 6.78. The van der Waals surface area contributed by atoms with Crippen LogP contribution in [0.3, 0.4) is 0 Å². The summed E-state index contributed by atoms with van der Waals surface area (Å²) >= 11 is 0. The molecular weight excluding hydrogens is 490 g/mol. The Labute approximate surface area is 227 Å². The summed E-state index contributed by atoms with van der Waals surface area (Å²) in [6, 6.07) is 24.3. The predicted octanol–water partition coefficient (Wildman–Crippen LogP) is 6.05. The average Bonchev–Trinajstić information content (AvgIpc) is 2.94. The molecule has 3 aromatic carbocycles. The van der Waals surface area contributed by atoms with Gasteiger partial charge in [0.05, 0.1) is 5.71 Å². The molecule has 4 aromatic rings. The number of hydrogen-bond donors (Lipinski definition) is 3. The van der Waals surface area contributed by atoms with E-state index in [0.717, 1.165) is 44.6 Å². The lowest BCUT2D eigenvalue weighted by Gasteiger charge is -2.13. The standard InChI is InChI=1S/C32H31N3O4/c1-20-19-27(17-18-33-20)28-5-4-6-29(21(28)2)30(35-39)16-9-23-7-10-24(11-8-23)25-12-14-26(15-13-25)31(36)34-22(3)32(37)38/h4-8,10-15,17-19,22,39H,9,16H2,1-3H3,(H,34,36)(H,37,38)/b35-30-/t22-/m0/s1. The van der Waals surface area contributed by atoms with Crippen molar-refractivity contribution in [3.63, 3.8) is 0 Å². The summed E-state index contributed by atoms with van der Waals surface area (Å²) in [6.07, 6.45) is 3.09. The number of carboxylic acids is 1.